The van der Waals surface area contributed by atoms with Crippen molar-refractivity contribution in [1.29, 1.82) is 0 Å². The predicted octanol–water partition coefficient (Wildman–Crippen LogP) is 3.32. The average Bonchev–Trinajstić information content (AvgIpc) is 2.64. The first-order valence-corrected chi connectivity index (χ1v) is 8.37. The fourth-order valence-electron chi connectivity index (χ4n) is 2.37. The van der Waals surface area contributed by atoms with Gasteiger partial charge in [-0.05, 0) is 42.3 Å². The molecular weight excluding hydrogens is 340 g/mol. The molecule has 0 heterocycles. The van der Waals surface area contributed by atoms with Crippen LogP contribution in [0.5, 0.6) is 11.5 Å². The minimum atomic E-state index is -0.0735. The van der Waals surface area contributed by atoms with E-state index in [-0.39, 0.29) is 18.5 Å². The van der Waals surface area contributed by atoms with E-state index in [1.165, 1.54) is 0 Å². The molecule has 6 heteroatoms. The number of carbonyl (C=O) groups excluding carboxylic acids is 1. The predicted molar refractivity (Wildman–Crippen MR) is 99.3 cm³/mol. The molecule has 0 aliphatic carbocycles. The number of ether oxygens (including phenoxy) is 2. The number of amides is 1. The van der Waals surface area contributed by atoms with E-state index in [4.69, 9.17) is 21.1 Å². The van der Waals surface area contributed by atoms with Crippen LogP contribution in [0.15, 0.2) is 42.5 Å². The van der Waals surface area contributed by atoms with Crippen molar-refractivity contribution in [2.45, 2.75) is 19.5 Å². The van der Waals surface area contributed by atoms with E-state index in [0.29, 0.717) is 23.1 Å². The Morgan fingerprint density at radius 1 is 1.08 bits per heavy atom. The smallest absolute Gasteiger partial charge is 0.234 e. The zero-order chi connectivity index (χ0) is 18.2. The Balaban J connectivity index is 1.81. The van der Waals surface area contributed by atoms with Gasteiger partial charge < -0.3 is 20.1 Å². The lowest BCUT2D eigenvalue weighted by Crippen LogP contribution is -2.34. The van der Waals surface area contributed by atoms with Crippen molar-refractivity contribution in [1.82, 2.24) is 10.6 Å². The van der Waals surface area contributed by atoms with Gasteiger partial charge in [0.15, 0.2) is 11.5 Å². The summed E-state index contributed by atoms with van der Waals surface area (Å²) in [6.45, 7) is 2.66. The van der Waals surface area contributed by atoms with E-state index in [0.717, 1.165) is 11.1 Å². The Morgan fingerprint density at radius 2 is 1.76 bits per heavy atom. The van der Waals surface area contributed by atoms with Gasteiger partial charge in [0.05, 0.1) is 20.8 Å². The summed E-state index contributed by atoms with van der Waals surface area (Å²) in [6.07, 6.45) is 0. The lowest BCUT2D eigenvalue weighted by Gasteiger charge is -2.14. The number of hydrogen-bond acceptors (Lipinski definition) is 4. The highest BCUT2D eigenvalue weighted by Gasteiger charge is 2.09. The first-order chi connectivity index (χ1) is 12.0. The molecule has 0 saturated carbocycles. The number of halogens is 1. The molecule has 2 aromatic rings. The fourth-order valence-corrected chi connectivity index (χ4v) is 2.49. The molecule has 25 heavy (non-hydrogen) atoms. The Morgan fingerprint density at radius 3 is 2.40 bits per heavy atom. The first kappa shape index (κ1) is 19.1. The summed E-state index contributed by atoms with van der Waals surface area (Å²) in [6, 6.07) is 13.2. The molecule has 1 amide bonds. The van der Waals surface area contributed by atoms with Gasteiger partial charge in [-0.25, -0.2) is 0 Å². The zero-order valence-corrected chi connectivity index (χ0v) is 15.4. The molecule has 1 atom stereocenters. The van der Waals surface area contributed by atoms with E-state index in [1.54, 1.807) is 14.2 Å². The molecular formula is C19H23ClN2O3. The number of methoxy groups -OCH3 is 2. The van der Waals surface area contributed by atoms with E-state index in [2.05, 4.69) is 10.6 Å². The Hall–Kier alpha value is -2.24. The van der Waals surface area contributed by atoms with Crippen molar-refractivity contribution in [3.63, 3.8) is 0 Å². The van der Waals surface area contributed by atoms with Crippen LogP contribution in [0.4, 0.5) is 0 Å². The molecule has 2 N–H and O–H groups in total. The maximum Gasteiger partial charge on any atom is 0.234 e. The monoisotopic (exact) mass is 362 g/mol. The third kappa shape index (κ3) is 5.66. The summed E-state index contributed by atoms with van der Waals surface area (Å²) < 4.78 is 10.5. The lowest BCUT2D eigenvalue weighted by atomic mass is 10.1. The summed E-state index contributed by atoms with van der Waals surface area (Å²) in [5.41, 5.74) is 2.02. The molecule has 0 aliphatic heterocycles. The van der Waals surface area contributed by atoms with Crippen molar-refractivity contribution in [3.05, 3.63) is 58.6 Å². The zero-order valence-electron chi connectivity index (χ0n) is 14.6. The standard InChI is InChI=1S/C19H23ClN2O3/c1-13(15-5-7-16(20)8-6-15)21-12-19(23)22-11-14-4-9-17(24-2)18(10-14)25-3/h4-10,13,21H,11-12H2,1-3H3,(H,22,23)/t13-/m1/s1. The minimum absolute atomic E-state index is 0.0593. The van der Waals surface area contributed by atoms with Crippen LogP contribution in [0.3, 0.4) is 0 Å². The largest absolute Gasteiger partial charge is 0.493 e. The maximum absolute atomic E-state index is 12.0. The quantitative estimate of drug-likeness (QED) is 0.756. The van der Waals surface area contributed by atoms with Crippen LogP contribution in [0, 0.1) is 0 Å². The average molecular weight is 363 g/mol. The summed E-state index contributed by atoms with van der Waals surface area (Å²) >= 11 is 5.88. The summed E-state index contributed by atoms with van der Waals surface area (Å²) in [4.78, 5) is 12.0. The molecule has 0 bridgehead atoms. The maximum atomic E-state index is 12.0. The van der Waals surface area contributed by atoms with Crippen molar-refractivity contribution in [2.75, 3.05) is 20.8 Å². The molecule has 134 valence electrons. The Labute approximate surface area is 153 Å². The summed E-state index contributed by atoms with van der Waals surface area (Å²) in [5, 5.41) is 6.78. The highest BCUT2D eigenvalue weighted by Crippen LogP contribution is 2.27. The molecule has 0 fully saturated rings. The fraction of sp³-hybridized carbons (Fsp3) is 0.316. The van der Waals surface area contributed by atoms with Crippen LogP contribution >= 0.6 is 11.6 Å². The SMILES string of the molecule is COc1ccc(CNC(=O)CN[C@H](C)c2ccc(Cl)cc2)cc1OC. The van der Waals surface area contributed by atoms with Gasteiger partial charge in [0.2, 0.25) is 5.91 Å². The van der Waals surface area contributed by atoms with Gasteiger partial charge in [0.1, 0.15) is 0 Å². The number of hydrogen-bond donors (Lipinski definition) is 2. The third-order valence-electron chi connectivity index (χ3n) is 3.88. The van der Waals surface area contributed by atoms with Crippen LogP contribution in [0.2, 0.25) is 5.02 Å². The first-order valence-electron chi connectivity index (χ1n) is 8.00. The lowest BCUT2D eigenvalue weighted by molar-refractivity contribution is -0.120. The summed E-state index contributed by atoms with van der Waals surface area (Å²) in [7, 11) is 3.18. The van der Waals surface area contributed by atoms with Gasteiger partial charge in [0, 0.05) is 17.6 Å². The number of rotatable bonds is 8. The van der Waals surface area contributed by atoms with E-state index in [9.17, 15) is 4.79 Å². The van der Waals surface area contributed by atoms with Gasteiger partial charge >= 0.3 is 0 Å². The Kier molecular flexibility index (Phi) is 7.10. The highest BCUT2D eigenvalue weighted by atomic mass is 35.5. The normalized spacial score (nSPS) is 11.7. The molecule has 0 aliphatic rings. The Bertz CT molecular complexity index is 704. The molecule has 2 rings (SSSR count). The number of carbonyl (C=O) groups is 1. The molecule has 0 radical (unpaired) electrons. The van der Waals surface area contributed by atoms with Crippen LogP contribution in [0.1, 0.15) is 24.1 Å². The topological polar surface area (TPSA) is 59.6 Å². The third-order valence-corrected chi connectivity index (χ3v) is 4.13. The van der Waals surface area contributed by atoms with Crippen molar-refractivity contribution < 1.29 is 14.3 Å². The van der Waals surface area contributed by atoms with Crippen molar-refractivity contribution in [3.8, 4) is 11.5 Å². The number of benzene rings is 2. The van der Waals surface area contributed by atoms with Crippen molar-refractivity contribution >= 4 is 17.5 Å². The molecule has 0 saturated heterocycles. The highest BCUT2D eigenvalue weighted by molar-refractivity contribution is 6.30. The van der Waals surface area contributed by atoms with Crippen molar-refractivity contribution in [2.24, 2.45) is 0 Å². The van der Waals surface area contributed by atoms with E-state index in [1.807, 2.05) is 49.4 Å². The summed E-state index contributed by atoms with van der Waals surface area (Å²) in [5.74, 6) is 1.23. The molecule has 0 unspecified atom stereocenters. The van der Waals surface area contributed by atoms with Gasteiger partial charge in [-0.2, -0.15) is 0 Å². The van der Waals surface area contributed by atoms with Crippen LogP contribution in [-0.2, 0) is 11.3 Å². The van der Waals surface area contributed by atoms with E-state index >= 15 is 0 Å². The van der Waals surface area contributed by atoms with E-state index < -0.39 is 0 Å². The second kappa shape index (κ2) is 9.30. The minimum Gasteiger partial charge on any atom is -0.493 e. The van der Waals surface area contributed by atoms with Crippen LogP contribution in [-0.4, -0.2) is 26.7 Å². The second-order valence-corrected chi connectivity index (χ2v) is 6.06. The van der Waals surface area contributed by atoms with Gasteiger partial charge in [0.25, 0.3) is 0 Å². The molecule has 0 aromatic heterocycles. The number of nitrogens with one attached hydrogen (secondary N) is 2. The molecule has 0 spiro atoms. The van der Waals surface area contributed by atoms with Gasteiger partial charge in [-0.1, -0.05) is 29.8 Å². The second-order valence-electron chi connectivity index (χ2n) is 5.62. The van der Waals surface area contributed by atoms with Crippen LogP contribution in [0.25, 0.3) is 0 Å². The molecule has 5 nitrogen and oxygen atoms in total. The van der Waals surface area contributed by atoms with Gasteiger partial charge in [-0.15, -0.1) is 0 Å². The van der Waals surface area contributed by atoms with Gasteiger partial charge in [-0.3, -0.25) is 4.79 Å². The molecule has 2 aromatic carbocycles. The van der Waals surface area contributed by atoms with Crippen LogP contribution < -0.4 is 20.1 Å².